The van der Waals surface area contributed by atoms with Crippen LogP contribution in [0.25, 0.3) is 0 Å². The molecule has 0 fully saturated rings. The first-order valence-corrected chi connectivity index (χ1v) is 23.2. The van der Waals surface area contributed by atoms with Gasteiger partial charge in [-0.15, -0.1) is 0 Å². The number of hydrogen-bond donors (Lipinski definition) is 0. The van der Waals surface area contributed by atoms with Crippen LogP contribution in [-0.4, -0.2) is 70.0 Å². The first-order chi connectivity index (χ1) is 26.0. The fraction of sp³-hybridized carbons (Fsp3) is 0.818. The number of carbonyl (C=O) groups excluding carboxylic acids is 2. The summed E-state index contributed by atoms with van der Waals surface area (Å²) in [6.07, 6.45) is 40.2. The Kier molecular flexibility index (Phi) is 35.6. The molecule has 9 nitrogen and oxygen atoms in total. The Balaban J connectivity index is 4.37. The number of ether oxygens (including phenoxy) is 2. The zero-order valence-corrected chi connectivity index (χ0v) is 36.3. The second-order valence-corrected chi connectivity index (χ2v) is 17.1. The Morgan fingerprint density at radius 2 is 1.06 bits per heavy atom. The standard InChI is InChI=1S/C44H82NO8P/c1-6-8-10-12-14-16-18-20-21-22-23-25-27-29-31-33-35-37-44(47)53-42(41-52-54(48,49)51-39-38-45(3,4)5)40-50-43(46)36-34-32-30-28-26-24-19-17-15-13-11-9-7-2/h8,10,14,16,20-21,42H,6-7,9,11-13,15,17-19,22-41H2,1-5H3/b10-8+,16-14+,21-20+. The van der Waals surface area contributed by atoms with Crippen LogP contribution in [0.4, 0.5) is 0 Å². The third-order valence-corrected chi connectivity index (χ3v) is 10.1. The van der Waals surface area contributed by atoms with Gasteiger partial charge in [0.2, 0.25) is 0 Å². The Bertz CT molecular complexity index is 1020. The van der Waals surface area contributed by atoms with Crippen LogP contribution in [0.3, 0.4) is 0 Å². The van der Waals surface area contributed by atoms with E-state index in [4.69, 9.17) is 18.5 Å². The number of hydrogen-bond acceptors (Lipinski definition) is 8. The molecule has 0 aromatic rings. The molecule has 54 heavy (non-hydrogen) atoms. The molecule has 0 radical (unpaired) electrons. The van der Waals surface area contributed by atoms with Gasteiger partial charge in [0, 0.05) is 12.8 Å². The fourth-order valence-electron chi connectivity index (χ4n) is 5.79. The predicted octanol–water partition coefficient (Wildman–Crippen LogP) is 11.5. The van der Waals surface area contributed by atoms with Crippen LogP contribution in [0.2, 0.25) is 0 Å². The summed E-state index contributed by atoms with van der Waals surface area (Å²) in [7, 11) is 1.16. The predicted molar refractivity (Wildman–Crippen MR) is 222 cm³/mol. The molecule has 0 saturated heterocycles. The number of esters is 2. The monoisotopic (exact) mass is 784 g/mol. The van der Waals surface area contributed by atoms with Crippen molar-refractivity contribution < 1.29 is 42.1 Å². The van der Waals surface area contributed by atoms with Crippen LogP contribution in [0.15, 0.2) is 36.5 Å². The van der Waals surface area contributed by atoms with Crippen LogP contribution in [0.1, 0.15) is 181 Å². The maximum Gasteiger partial charge on any atom is 0.306 e. The molecule has 2 unspecified atom stereocenters. The van der Waals surface area contributed by atoms with Gasteiger partial charge in [-0.05, 0) is 44.9 Å². The Morgan fingerprint density at radius 1 is 0.593 bits per heavy atom. The number of phosphoric ester groups is 1. The molecular weight excluding hydrogens is 701 g/mol. The summed E-state index contributed by atoms with van der Waals surface area (Å²) >= 11 is 0. The van der Waals surface area contributed by atoms with E-state index >= 15 is 0 Å². The average Bonchev–Trinajstić information content (AvgIpc) is 3.12. The van der Waals surface area contributed by atoms with Gasteiger partial charge in [-0.1, -0.05) is 159 Å². The fourth-order valence-corrected chi connectivity index (χ4v) is 6.51. The highest BCUT2D eigenvalue weighted by Gasteiger charge is 2.21. The minimum absolute atomic E-state index is 0.0324. The van der Waals surface area contributed by atoms with Crippen LogP contribution in [0.5, 0.6) is 0 Å². The molecule has 2 atom stereocenters. The van der Waals surface area contributed by atoms with Gasteiger partial charge in [0.15, 0.2) is 6.10 Å². The summed E-state index contributed by atoms with van der Waals surface area (Å²) < 4.78 is 33.9. The van der Waals surface area contributed by atoms with E-state index in [0.717, 1.165) is 64.2 Å². The lowest BCUT2D eigenvalue weighted by Gasteiger charge is -2.28. The number of rotatable bonds is 39. The summed E-state index contributed by atoms with van der Waals surface area (Å²) in [5.41, 5.74) is 0. The molecule has 0 amide bonds. The first kappa shape index (κ1) is 52.2. The van der Waals surface area contributed by atoms with Crippen molar-refractivity contribution in [1.82, 2.24) is 0 Å². The summed E-state index contributed by atoms with van der Waals surface area (Å²) in [4.78, 5) is 37.5. The van der Waals surface area contributed by atoms with Crippen molar-refractivity contribution in [3.63, 3.8) is 0 Å². The lowest BCUT2D eigenvalue weighted by Crippen LogP contribution is -2.37. The van der Waals surface area contributed by atoms with E-state index in [1.54, 1.807) is 0 Å². The van der Waals surface area contributed by atoms with E-state index in [0.29, 0.717) is 17.4 Å². The molecule has 0 saturated carbocycles. The number of nitrogens with zero attached hydrogens (tertiary/aromatic N) is 1. The Labute approximate surface area is 331 Å². The van der Waals surface area contributed by atoms with Crippen LogP contribution in [0, 0.1) is 0 Å². The lowest BCUT2D eigenvalue weighted by atomic mass is 10.0. The zero-order valence-electron chi connectivity index (χ0n) is 35.4. The molecule has 0 aliphatic rings. The van der Waals surface area contributed by atoms with Crippen LogP contribution < -0.4 is 4.89 Å². The molecule has 0 aliphatic heterocycles. The van der Waals surface area contributed by atoms with Crippen molar-refractivity contribution in [2.24, 2.45) is 0 Å². The number of carbonyl (C=O) groups is 2. The molecule has 0 aliphatic carbocycles. The second kappa shape index (κ2) is 36.8. The van der Waals surface area contributed by atoms with Gasteiger partial charge in [-0.2, -0.15) is 0 Å². The number of likely N-dealkylation sites (N-methyl/N-ethyl adjacent to an activating group) is 1. The third-order valence-electron chi connectivity index (χ3n) is 9.17. The van der Waals surface area contributed by atoms with Crippen molar-refractivity contribution >= 4 is 19.8 Å². The quantitative estimate of drug-likeness (QED) is 0.0199. The van der Waals surface area contributed by atoms with Crippen LogP contribution in [-0.2, 0) is 32.7 Å². The molecular formula is C44H82NO8P. The maximum absolute atomic E-state index is 12.7. The summed E-state index contributed by atoms with van der Waals surface area (Å²) in [6.45, 7) is 4.11. The van der Waals surface area contributed by atoms with E-state index < -0.39 is 26.5 Å². The van der Waals surface area contributed by atoms with Gasteiger partial charge >= 0.3 is 11.9 Å². The molecule has 0 rings (SSSR count). The van der Waals surface area contributed by atoms with E-state index in [9.17, 15) is 19.0 Å². The largest absolute Gasteiger partial charge is 0.756 e. The highest BCUT2D eigenvalue weighted by molar-refractivity contribution is 7.45. The second-order valence-electron chi connectivity index (χ2n) is 15.7. The maximum atomic E-state index is 12.7. The molecule has 0 spiro atoms. The van der Waals surface area contributed by atoms with Gasteiger partial charge in [0.25, 0.3) is 7.82 Å². The topological polar surface area (TPSA) is 111 Å². The average molecular weight is 784 g/mol. The third kappa shape index (κ3) is 39.9. The van der Waals surface area contributed by atoms with E-state index in [2.05, 4.69) is 50.3 Å². The molecule has 316 valence electrons. The summed E-state index contributed by atoms with van der Waals surface area (Å²) in [5.74, 6) is -0.843. The Hall–Kier alpha value is -1.77. The molecule has 10 heteroatoms. The number of allylic oxidation sites excluding steroid dienone is 6. The van der Waals surface area contributed by atoms with E-state index in [1.807, 2.05) is 21.1 Å². The van der Waals surface area contributed by atoms with Crippen molar-refractivity contribution in [2.75, 3.05) is 47.5 Å². The minimum Gasteiger partial charge on any atom is -0.756 e. The van der Waals surface area contributed by atoms with Gasteiger partial charge < -0.3 is 27.9 Å². The molecule has 0 aromatic carbocycles. The van der Waals surface area contributed by atoms with Gasteiger partial charge in [0.05, 0.1) is 27.7 Å². The van der Waals surface area contributed by atoms with Gasteiger partial charge in [-0.3, -0.25) is 14.2 Å². The van der Waals surface area contributed by atoms with Gasteiger partial charge in [0.1, 0.15) is 19.8 Å². The Morgan fingerprint density at radius 3 is 1.57 bits per heavy atom. The number of phosphoric acid groups is 1. The van der Waals surface area contributed by atoms with Crippen molar-refractivity contribution in [3.8, 4) is 0 Å². The summed E-state index contributed by atoms with van der Waals surface area (Å²) in [6, 6.07) is 0. The molecule has 0 heterocycles. The smallest absolute Gasteiger partial charge is 0.306 e. The lowest BCUT2D eigenvalue weighted by molar-refractivity contribution is -0.870. The normalized spacial score (nSPS) is 14.0. The number of quaternary nitrogens is 1. The molecule has 0 N–H and O–H groups in total. The van der Waals surface area contributed by atoms with Gasteiger partial charge in [-0.25, -0.2) is 0 Å². The highest BCUT2D eigenvalue weighted by Crippen LogP contribution is 2.38. The molecule has 0 aromatic heterocycles. The van der Waals surface area contributed by atoms with E-state index in [-0.39, 0.29) is 32.0 Å². The first-order valence-electron chi connectivity index (χ1n) is 21.7. The van der Waals surface area contributed by atoms with E-state index in [1.165, 1.54) is 83.5 Å². The zero-order chi connectivity index (χ0) is 40.0. The van der Waals surface area contributed by atoms with Crippen molar-refractivity contribution in [2.45, 2.75) is 187 Å². The van der Waals surface area contributed by atoms with Crippen LogP contribution >= 0.6 is 7.82 Å². The summed E-state index contributed by atoms with van der Waals surface area (Å²) in [5, 5.41) is 0. The van der Waals surface area contributed by atoms with Crippen molar-refractivity contribution in [3.05, 3.63) is 36.5 Å². The SMILES string of the molecule is CC/C=C/C/C=C/C/C=C/CCCCCCCCCC(=O)OC(COC(=O)CCCCCCCCCCCCCCC)COP(=O)([O-])OCC[N+](C)(C)C. The highest BCUT2D eigenvalue weighted by atomic mass is 31.2. The van der Waals surface area contributed by atoms with Crippen molar-refractivity contribution in [1.29, 1.82) is 0 Å². The number of unbranched alkanes of at least 4 members (excludes halogenated alkanes) is 19. The minimum atomic E-state index is -4.62. The molecule has 0 bridgehead atoms.